The Morgan fingerprint density at radius 3 is 2.22 bits per heavy atom. The molecule has 1 saturated heterocycles. The average Bonchev–Trinajstić information content (AvgIpc) is 3.42. The van der Waals surface area contributed by atoms with Crippen LogP contribution in [0, 0.1) is 0 Å². The van der Waals surface area contributed by atoms with Crippen molar-refractivity contribution in [1.82, 2.24) is 10.2 Å². The molecule has 0 saturated carbocycles. The first kappa shape index (κ1) is 25.8. The molecule has 8 heteroatoms. The number of ether oxygens (including phenoxy) is 2. The van der Waals surface area contributed by atoms with Crippen LogP contribution in [0.25, 0.3) is 0 Å². The second-order valence-electron chi connectivity index (χ2n) is 8.92. The van der Waals surface area contributed by atoms with Gasteiger partial charge < -0.3 is 19.9 Å². The van der Waals surface area contributed by atoms with Gasteiger partial charge in [0.05, 0.1) is 0 Å². The van der Waals surface area contributed by atoms with Crippen LogP contribution in [0.5, 0.6) is 5.75 Å². The Bertz CT molecular complexity index is 1200. The van der Waals surface area contributed by atoms with E-state index in [1.165, 1.54) is 4.90 Å². The highest BCUT2D eigenvalue weighted by molar-refractivity contribution is 5.89. The predicted molar refractivity (Wildman–Crippen MR) is 137 cm³/mol. The minimum Gasteiger partial charge on any atom is -0.489 e. The summed E-state index contributed by atoms with van der Waals surface area (Å²) in [4.78, 5) is 39.0. The molecular formula is C29H30N2O6. The van der Waals surface area contributed by atoms with Gasteiger partial charge >= 0.3 is 12.1 Å². The zero-order valence-electron chi connectivity index (χ0n) is 20.4. The number of amides is 2. The van der Waals surface area contributed by atoms with E-state index in [0.29, 0.717) is 37.3 Å². The second-order valence-corrected chi connectivity index (χ2v) is 8.92. The number of hydrogen-bond donors (Lipinski definition) is 2. The maximum Gasteiger partial charge on any atom is 0.410 e. The van der Waals surface area contributed by atoms with Crippen molar-refractivity contribution in [2.75, 3.05) is 6.54 Å². The summed E-state index contributed by atoms with van der Waals surface area (Å²) >= 11 is 0. The van der Waals surface area contributed by atoms with Crippen molar-refractivity contribution in [3.05, 3.63) is 102 Å². The van der Waals surface area contributed by atoms with Crippen LogP contribution in [-0.4, -0.2) is 46.6 Å². The highest BCUT2D eigenvalue weighted by Gasteiger charge is 2.36. The molecule has 1 aliphatic rings. The third-order valence-electron chi connectivity index (χ3n) is 6.20. The summed E-state index contributed by atoms with van der Waals surface area (Å²) in [6.45, 7) is 0.871. The van der Waals surface area contributed by atoms with E-state index in [0.717, 1.165) is 11.1 Å². The normalized spacial score (nSPS) is 15.6. The lowest BCUT2D eigenvalue weighted by Crippen LogP contribution is -2.51. The molecule has 2 atom stereocenters. The van der Waals surface area contributed by atoms with Crippen LogP contribution in [-0.2, 0) is 34.0 Å². The zero-order chi connectivity index (χ0) is 26.0. The molecule has 1 heterocycles. The first-order valence-electron chi connectivity index (χ1n) is 12.3. The Kier molecular flexibility index (Phi) is 8.75. The van der Waals surface area contributed by atoms with Crippen LogP contribution in [0.1, 0.15) is 29.5 Å². The van der Waals surface area contributed by atoms with E-state index in [1.54, 1.807) is 24.3 Å². The van der Waals surface area contributed by atoms with Crippen LogP contribution in [0.2, 0.25) is 0 Å². The van der Waals surface area contributed by atoms with Crippen molar-refractivity contribution in [1.29, 1.82) is 0 Å². The monoisotopic (exact) mass is 502 g/mol. The van der Waals surface area contributed by atoms with Gasteiger partial charge in [0.1, 0.15) is 31.0 Å². The van der Waals surface area contributed by atoms with E-state index < -0.39 is 30.1 Å². The Morgan fingerprint density at radius 2 is 1.54 bits per heavy atom. The fourth-order valence-electron chi connectivity index (χ4n) is 4.27. The fourth-order valence-corrected chi connectivity index (χ4v) is 4.27. The molecule has 1 aliphatic heterocycles. The number of carbonyl (C=O) groups is 3. The largest absolute Gasteiger partial charge is 0.489 e. The van der Waals surface area contributed by atoms with Crippen LogP contribution in [0.3, 0.4) is 0 Å². The number of carboxylic acids is 1. The highest BCUT2D eigenvalue weighted by atomic mass is 16.6. The highest BCUT2D eigenvalue weighted by Crippen LogP contribution is 2.20. The predicted octanol–water partition coefficient (Wildman–Crippen LogP) is 4.18. The molecule has 2 amide bonds. The number of hydrogen-bond acceptors (Lipinski definition) is 5. The van der Waals surface area contributed by atoms with Gasteiger partial charge in [-0.3, -0.25) is 9.69 Å². The van der Waals surface area contributed by atoms with Crippen molar-refractivity contribution >= 4 is 18.0 Å². The molecule has 0 bridgehead atoms. The summed E-state index contributed by atoms with van der Waals surface area (Å²) in [7, 11) is 0. The number of nitrogens with zero attached hydrogens (tertiary/aromatic N) is 1. The van der Waals surface area contributed by atoms with Gasteiger partial charge in [0.15, 0.2) is 0 Å². The Labute approximate surface area is 215 Å². The first-order chi connectivity index (χ1) is 18.0. The SMILES string of the molecule is O=C(O)[C@H](Cc1cccc(OCc2ccccc2)c1)NC(=O)[C@H]1CCCN1C(=O)OCc1ccccc1. The van der Waals surface area contributed by atoms with Gasteiger partial charge in [-0.2, -0.15) is 0 Å². The number of rotatable bonds is 10. The van der Waals surface area contributed by atoms with Gasteiger partial charge in [0.25, 0.3) is 0 Å². The Balaban J connectivity index is 1.34. The van der Waals surface area contributed by atoms with Crippen molar-refractivity contribution in [3.8, 4) is 5.75 Å². The van der Waals surface area contributed by atoms with Gasteiger partial charge in [0.2, 0.25) is 5.91 Å². The molecule has 37 heavy (non-hydrogen) atoms. The smallest absolute Gasteiger partial charge is 0.410 e. The van der Waals surface area contributed by atoms with Crippen molar-refractivity contribution in [3.63, 3.8) is 0 Å². The molecule has 0 spiro atoms. The van der Waals surface area contributed by atoms with E-state index in [1.807, 2.05) is 60.7 Å². The molecule has 0 unspecified atom stereocenters. The molecular weight excluding hydrogens is 472 g/mol. The average molecular weight is 503 g/mol. The van der Waals surface area contributed by atoms with Gasteiger partial charge in [-0.25, -0.2) is 9.59 Å². The standard InChI is InChI=1S/C29H30N2O6/c32-27(26-15-8-16-31(26)29(35)37-20-22-11-5-2-6-12-22)30-25(28(33)34)18-23-13-7-14-24(17-23)36-19-21-9-3-1-4-10-21/h1-7,9-14,17,25-26H,8,15-16,18-20H2,(H,30,32)(H,33,34)/t25-,26+/m0/s1. The molecule has 192 valence electrons. The van der Waals surface area contributed by atoms with Gasteiger partial charge in [-0.15, -0.1) is 0 Å². The van der Waals surface area contributed by atoms with E-state index in [2.05, 4.69) is 5.32 Å². The van der Waals surface area contributed by atoms with Crippen molar-refractivity contribution in [2.45, 2.75) is 44.6 Å². The van der Waals surface area contributed by atoms with Gasteiger partial charge in [-0.1, -0.05) is 72.8 Å². The zero-order valence-corrected chi connectivity index (χ0v) is 20.4. The lowest BCUT2D eigenvalue weighted by molar-refractivity contribution is -0.142. The summed E-state index contributed by atoms with van der Waals surface area (Å²) in [5, 5.41) is 12.4. The maximum absolute atomic E-state index is 13.0. The molecule has 3 aromatic carbocycles. The summed E-state index contributed by atoms with van der Waals surface area (Å²) in [5.41, 5.74) is 2.58. The summed E-state index contributed by atoms with van der Waals surface area (Å²) in [6.07, 6.45) is 0.574. The Hall–Kier alpha value is -4.33. The first-order valence-corrected chi connectivity index (χ1v) is 12.3. The van der Waals surface area contributed by atoms with Crippen LogP contribution < -0.4 is 10.1 Å². The third kappa shape index (κ3) is 7.33. The van der Waals surface area contributed by atoms with Crippen LogP contribution in [0.4, 0.5) is 4.79 Å². The van der Waals surface area contributed by atoms with Crippen LogP contribution >= 0.6 is 0 Å². The number of benzene rings is 3. The van der Waals surface area contributed by atoms with Crippen LogP contribution in [0.15, 0.2) is 84.9 Å². The number of carboxylic acid groups (broad SMARTS) is 1. The summed E-state index contributed by atoms with van der Waals surface area (Å²) < 4.78 is 11.2. The number of carbonyl (C=O) groups excluding carboxylic acids is 2. The molecule has 0 radical (unpaired) electrons. The lowest BCUT2D eigenvalue weighted by Gasteiger charge is -2.25. The van der Waals surface area contributed by atoms with Crippen molar-refractivity contribution < 1.29 is 29.0 Å². The fraction of sp³-hybridized carbons (Fsp3) is 0.276. The van der Waals surface area contributed by atoms with Gasteiger partial charge in [-0.05, 0) is 41.7 Å². The second kappa shape index (κ2) is 12.6. The quantitative estimate of drug-likeness (QED) is 0.431. The minimum atomic E-state index is -1.15. The Morgan fingerprint density at radius 1 is 0.892 bits per heavy atom. The van der Waals surface area contributed by atoms with E-state index >= 15 is 0 Å². The topological polar surface area (TPSA) is 105 Å². The van der Waals surface area contributed by atoms with Gasteiger partial charge in [0, 0.05) is 13.0 Å². The minimum absolute atomic E-state index is 0.0782. The molecule has 8 nitrogen and oxygen atoms in total. The number of nitrogens with one attached hydrogen (secondary N) is 1. The lowest BCUT2D eigenvalue weighted by atomic mass is 10.0. The number of likely N-dealkylation sites (tertiary alicyclic amines) is 1. The maximum atomic E-state index is 13.0. The van der Waals surface area contributed by atoms with Crippen molar-refractivity contribution in [2.24, 2.45) is 0 Å². The van der Waals surface area contributed by atoms with E-state index in [-0.39, 0.29) is 13.0 Å². The molecule has 3 aromatic rings. The molecule has 0 aliphatic carbocycles. The third-order valence-corrected chi connectivity index (χ3v) is 6.20. The molecule has 4 rings (SSSR count). The number of aliphatic carboxylic acids is 1. The molecule has 2 N–H and O–H groups in total. The van der Waals surface area contributed by atoms with E-state index in [4.69, 9.17) is 9.47 Å². The summed E-state index contributed by atoms with van der Waals surface area (Å²) in [5.74, 6) is -1.04. The summed E-state index contributed by atoms with van der Waals surface area (Å²) in [6, 6.07) is 24.2. The molecule has 0 aromatic heterocycles. The van der Waals surface area contributed by atoms with E-state index in [9.17, 15) is 19.5 Å². The molecule has 1 fully saturated rings.